The van der Waals surface area contributed by atoms with Crippen LogP contribution in [0.3, 0.4) is 0 Å². The first kappa shape index (κ1) is 18.4. The lowest BCUT2D eigenvalue weighted by atomic mass is 10.1. The van der Waals surface area contributed by atoms with Gasteiger partial charge in [-0.3, -0.25) is 10.2 Å². The molecule has 1 aliphatic heterocycles. The first-order chi connectivity index (χ1) is 12.2. The number of amidine groups is 1. The van der Waals surface area contributed by atoms with Gasteiger partial charge in [0.2, 0.25) is 5.91 Å². The number of hydrogen-bond donors (Lipinski definition) is 3. The third-order valence-corrected chi connectivity index (χ3v) is 7.69. The Morgan fingerprint density at radius 1 is 1.24 bits per heavy atom. The summed E-state index contributed by atoms with van der Waals surface area (Å²) in [5.41, 5.74) is 2.08. The third kappa shape index (κ3) is 5.80. The molecule has 0 spiro atoms. The zero-order chi connectivity index (χ0) is 17.5. The molecule has 25 heavy (non-hydrogen) atoms. The summed E-state index contributed by atoms with van der Waals surface area (Å²) in [6, 6.07) is 11.9. The van der Waals surface area contributed by atoms with Gasteiger partial charge in [-0.05, 0) is 42.0 Å². The van der Waals surface area contributed by atoms with E-state index in [1.165, 1.54) is 5.56 Å². The van der Waals surface area contributed by atoms with Gasteiger partial charge in [-0.25, -0.2) is 0 Å². The molecule has 2 heterocycles. The Kier molecular flexibility index (Phi) is 6.84. The zero-order valence-electron chi connectivity index (χ0n) is 13.8. The molecule has 1 amide bonds. The summed E-state index contributed by atoms with van der Waals surface area (Å²) in [5, 5.41) is 16.6. The first-order valence-corrected chi connectivity index (χ1v) is 11.5. The molecule has 132 valence electrons. The van der Waals surface area contributed by atoms with Gasteiger partial charge in [0.05, 0.1) is 4.88 Å². The van der Waals surface area contributed by atoms with E-state index in [0.717, 1.165) is 29.2 Å². The molecule has 1 saturated heterocycles. The lowest BCUT2D eigenvalue weighted by Gasteiger charge is -2.10. The lowest BCUT2D eigenvalue weighted by molar-refractivity contribution is -0.121. The van der Waals surface area contributed by atoms with Gasteiger partial charge in [0.15, 0.2) is 0 Å². The number of carbonyl (C=O) groups is 1. The summed E-state index contributed by atoms with van der Waals surface area (Å²) in [6.07, 6.45) is 2.59. The van der Waals surface area contributed by atoms with Crippen molar-refractivity contribution >= 4 is 50.4 Å². The van der Waals surface area contributed by atoms with Crippen molar-refractivity contribution in [3.63, 3.8) is 0 Å². The van der Waals surface area contributed by atoms with Gasteiger partial charge in [0.25, 0.3) is 0 Å². The number of thiophene rings is 1. The summed E-state index contributed by atoms with van der Waals surface area (Å²) in [5.74, 6) is 1.73. The Labute approximate surface area is 160 Å². The predicted octanol–water partition coefficient (Wildman–Crippen LogP) is 4.39. The molecule has 7 heteroatoms. The molecule has 4 nitrogen and oxygen atoms in total. The molecule has 0 radical (unpaired) electrons. The van der Waals surface area contributed by atoms with Crippen LogP contribution in [0.5, 0.6) is 0 Å². The molecule has 1 aromatic heterocycles. The number of nitrogens with one attached hydrogen (secondary N) is 3. The van der Waals surface area contributed by atoms with Gasteiger partial charge in [0, 0.05) is 29.7 Å². The minimum absolute atomic E-state index is 0.155. The number of rotatable bonds is 7. The van der Waals surface area contributed by atoms with Crippen LogP contribution in [-0.4, -0.2) is 29.3 Å². The highest BCUT2D eigenvalue weighted by Gasteiger charge is 2.19. The van der Waals surface area contributed by atoms with Crippen LogP contribution in [0.25, 0.3) is 0 Å². The van der Waals surface area contributed by atoms with Gasteiger partial charge in [-0.1, -0.05) is 39.8 Å². The highest BCUT2D eigenvalue weighted by atomic mass is 33.1. The van der Waals surface area contributed by atoms with Crippen LogP contribution >= 0.6 is 32.9 Å². The number of carbonyl (C=O) groups excluding carboxylic acids is 1. The minimum atomic E-state index is 0.155. The van der Waals surface area contributed by atoms with E-state index in [2.05, 4.69) is 10.6 Å². The summed E-state index contributed by atoms with van der Waals surface area (Å²) in [7, 11) is 3.70. The Hall–Kier alpha value is -1.44. The van der Waals surface area contributed by atoms with Crippen LogP contribution in [-0.2, 0) is 11.2 Å². The molecular weight excluding hydrogens is 370 g/mol. The Bertz CT molecular complexity index is 695. The monoisotopic (exact) mass is 391 g/mol. The van der Waals surface area contributed by atoms with E-state index in [1.54, 1.807) is 11.3 Å². The normalized spacial score (nSPS) is 16.6. The predicted molar refractivity (Wildman–Crippen MR) is 111 cm³/mol. The van der Waals surface area contributed by atoms with E-state index >= 15 is 0 Å². The Morgan fingerprint density at radius 2 is 2.08 bits per heavy atom. The van der Waals surface area contributed by atoms with Gasteiger partial charge in [0.1, 0.15) is 5.84 Å². The van der Waals surface area contributed by atoms with Crippen molar-refractivity contribution < 1.29 is 4.79 Å². The third-order valence-electron chi connectivity index (χ3n) is 3.87. The second-order valence-corrected chi connectivity index (χ2v) is 9.54. The standard InChI is InChI=1S/C18H21N3OS3/c19-18(16-2-1-10-23-16)21-14-5-3-13(4-6-14)7-9-20-17(22)12-15-8-11-24-25-15/h1-6,10,15H,7-9,11-12H2,(H2,19,21)(H,20,22). The van der Waals surface area contributed by atoms with Crippen LogP contribution in [0.15, 0.2) is 41.8 Å². The van der Waals surface area contributed by atoms with Crippen molar-refractivity contribution in [3.05, 3.63) is 52.2 Å². The van der Waals surface area contributed by atoms with Gasteiger partial charge in [-0.2, -0.15) is 0 Å². The average molecular weight is 392 g/mol. The smallest absolute Gasteiger partial charge is 0.221 e. The van der Waals surface area contributed by atoms with E-state index in [-0.39, 0.29) is 5.91 Å². The molecule has 1 fully saturated rings. The Balaban J connectivity index is 1.40. The fraction of sp³-hybridized carbons (Fsp3) is 0.333. The maximum atomic E-state index is 11.9. The number of hydrogen-bond acceptors (Lipinski definition) is 5. The highest BCUT2D eigenvalue weighted by Crippen LogP contribution is 2.39. The van der Waals surface area contributed by atoms with Crippen molar-refractivity contribution in [2.75, 3.05) is 17.6 Å². The second-order valence-electron chi connectivity index (χ2n) is 5.81. The van der Waals surface area contributed by atoms with Crippen molar-refractivity contribution in [2.45, 2.75) is 24.5 Å². The molecule has 0 bridgehead atoms. The van der Waals surface area contributed by atoms with Crippen molar-refractivity contribution in [1.82, 2.24) is 5.32 Å². The van der Waals surface area contributed by atoms with E-state index in [9.17, 15) is 4.79 Å². The molecular formula is C18H21N3OS3. The quantitative estimate of drug-likeness (QED) is 0.372. The van der Waals surface area contributed by atoms with Crippen LogP contribution in [0.4, 0.5) is 5.69 Å². The molecule has 1 atom stereocenters. The van der Waals surface area contributed by atoms with E-state index in [4.69, 9.17) is 5.41 Å². The zero-order valence-corrected chi connectivity index (χ0v) is 16.2. The molecule has 0 aliphatic carbocycles. The van der Waals surface area contributed by atoms with Crippen LogP contribution in [0, 0.1) is 5.41 Å². The van der Waals surface area contributed by atoms with Crippen molar-refractivity contribution in [1.29, 1.82) is 5.41 Å². The van der Waals surface area contributed by atoms with E-state index < -0.39 is 0 Å². The molecule has 2 aromatic rings. The van der Waals surface area contributed by atoms with E-state index in [1.807, 2.05) is 63.4 Å². The molecule has 1 aliphatic rings. The lowest BCUT2D eigenvalue weighted by Crippen LogP contribution is -2.27. The molecule has 3 N–H and O–H groups in total. The topological polar surface area (TPSA) is 65.0 Å². The van der Waals surface area contributed by atoms with Crippen LogP contribution in [0.1, 0.15) is 23.3 Å². The van der Waals surface area contributed by atoms with E-state index in [0.29, 0.717) is 24.1 Å². The number of amides is 1. The minimum Gasteiger partial charge on any atom is -0.356 e. The average Bonchev–Trinajstić information content (AvgIpc) is 3.30. The number of anilines is 1. The van der Waals surface area contributed by atoms with Gasteiger partial charge in [-0.15, -0.1) is 11.3 Å². The van der Waals surface area contributed by atoms with Gasteiger partial charge < -0.3 is 10.6 Å². The highest BCUT2D eigenvalue weighted by molar-refractivity contribution is 8.77. The van der Waals surface area contributed by atoms with Crippen LogP contribution in [0.2, 0.25) is 0 Å². The van der Waals surface area contributed by atoms with Crippen molar-refractivity contribution in [3.8, 4) is 0 Å². The molecule has 1 unspecified atom stereocenters. The fourth-order valence-corrected chi connectivity index (χ4v) is 6.04. The molecule has 1 aromatic carbocycles. The summed E-state index contributed by atoms with van der Waals surface area (Å²) >= 11 is 1.55. The van der Waals surface area contributed by atoms with Crippen molar-refractivity contribution in [2.24, 2.45) is 0 Å². The largest absolute Gasteiger partial charge is 0.356 e. The second kappa shape index (κ2) is 9.31. The SMILES string of the molecule is N=C(Nc1ccc(CCNC(=O)CC2CCSS2)cc1)c1cccs1. The molecule has 0 saturated carbocycles. The fourth-order valence-electron chi connectivity index (χ4n) is 2.51. The van der Waals surface area contributed by atoms with Crippen LogP contribution < -0.4 is 10.6 Å². The first-order valence-electron chi connectivity index (χ1n) is 8.24. The molecule has 3 rings (SSSR count). The van der Waals surface area contributed by atoms with Gasteiger partial charge >= 0.3 is 0 Å². The summed E-state index contributed by atoms with van der Waals surface area (Å²) < 4.78 is 0. The summed E-state index contributed by atoms with van der Waals surface area (Å²) in [6.45, 7) is 0.668. The maximum absolute atomic E-state index is 11.9. The number of benzene rings is 1. The summed E-state index contributed by atoms with van der Waals surface area (Å²) in [4.78, 5) is 12.8. The Morgan fingerprint density at radius 3 is 2.76 bits per heavy atom. The maximum Gasteiger partial charge on any atom is 0.221 e.